The lowest BCUT2D eigenvalue weighted by molar-refractivity contribution is 0.279. The number of hydrogen-bond acceptors (Lipinski definition) is 3. The second kappa shape index (κ2) is 3.72. The van der Waals surface area contributed by atoms with Crippen LogP contribution in [-0.4, -0.2) is 17.4 Å². The maximum Gasteiger partial charge on any atom is 0.707 e. The van der Waals surface area contributed by atoms with E-state index in [-0.39, 0.29) is 0 Å². The Morgan fingerprint density at radius 1 is 1.31 bits per heavy atom. The number of rotatable bonds is 2. The Bertz CT molecular complexity index is 317. The monoisotopic (exact) mass is 188 g/mol. The molecule has 0 saturated heterocycles. The summed E-state index contributed by atoms with van der Waals surface area (Å²) < 4.78 is 29.7. The fourth-order valence-corrected chi connectivity index (χ4v) is 0.892. The molecule has 0 bridgehead atoms. The Kier molecular flexibility index (Phi) is 2.85. The molecule has 3 nitrogen and oxygen atoms in total. The van der Waals surface area contributed by atoms with Gasteiger partial charge in [-0.15, -0.1) is 0 Å². The molecule has 0 aliphatic carbocycles. The molecule has 0 fully saturated rings. The Morgan fingerprint density at radius 2 is 1.92 bits per heavy atom. The van der Waals surface area contributed by atoms with Gasteiger partial charge in [-0.1, -0.05) is 0 Å². The van der Waals surface area contributed by atoms with Crippen LogP contribution in [0, 0.1) is 18.6 Å². The summed E-state index contributed by atoms with van der Waals surface area (Å²) in [7, 11) is -2.16. The van der Waals surface area contributed by atoms with Crippen molar-refractivity contribution < 1.29 is 23.5 Å². The van der Waals surface area contributed by atoms with Gasteiger partial charge < -0.3 is 14.7 Å². The lowest BCUT2D eigenvalue weighted by Gasteiger charge is -2.07. The minimum Gasteiger partial charge on any atom is -0.509 e. The van der Waals surface area contributed by atoms with Crippen LogP contribution >= 0.6 is 0 Å². The molecule has 0 heterocycles. The third kappa shape index (κ3) is 2.40. The van der Waals surface area contributed by atoms with E-state index >= 15 is 0 Å². The molecule has 0 saturated carbocycles. The molecule has 0 radical (unpaired) electrons. The predicted molar refractivity (Wildman–Crippen MR) is 41.9 cm³/mol. The molecule has 1 aromatic carbocycles. The number of hydrogen-bond donors (Lipinski definition) is 2. The van der Waals surface area contributed by atoms with Crippen molar-refractivity contribution >= 4 is 7.32 Å². The first-order valence-electron chi connectivity index (χ1n) is 3.49. The van der Waals surface area contributed by atoms with Crippen LogP contribution in [0.4, 0.5) is 8.78 Å². The van der Waals surface area contributed by atoms with E-state index in [0.717, 1.165) is 12.1 Å². The fourth-order valence-electron chi connectivity index (χ4n) is 0.892. The van der Waals surface area contributed by atoms with Crippen LogP contribution in [0.15, 0.2) is 12.1 Å². The SMILES string of the molecule is Cc1cc(F)c(F)c(OB(O)O)c1. The highest BCUT2D eigenvalue weighted by atomic mass is 19.2. The summed E-state index contributed by atoms with van der Waals surface area (Å²) in [6.07, 6.45) is 0. The normalized spacial score (nSPS) is 9.92. The van der Waals surface area contributed by atoms with Crippen LogP contribution in [0.5, 0.6) is 5.75 Å². The summed E-state index contributed by atoms with van der Waals surface area (Å²) in [6.45, 7) is 1.53. The van der Waals surface area contributed by atoms with Crippen molar-refractivity contribution in [3.05, 3.63) is 29.3 Å². The molecule has 0 aliphatic heterocycles. The van der Waals surface area contributed by atoms with Gasteiger partial charge >= 0.3 is 7.32 Å². The topological polar surface area (TPSA) is 49.7 Å². The Balaban J connectivity index is 3.05. The first-order chi connectivity index (χ1) is 6.00. The largest absolute Gasteiger partial charge is 0.707 e. The van der Waals surface area contributed by atoms with Gasteiger partial charge in [-0.2, -0.15) is 4.39 Å². The molecule has 1 rings (SSSR count). The fraction of sp³-hybridized carbons (Fsp3) is 0.143. The number of aryl methyl sites for hydroxylation is 1. The third-order valence-corrected chi connectivity index (χ3v) is 1.37. The molecule has 1 aromatic rings. The highest BCUT2D eigenvalue weighted by Crippen LogP contribution is 2.21. The van der Waals surface area contributed by atoms with Crippen molar-refractivity contribution in [1.82, 2.24) is 0 Å². The second-order valence-electron chi connectivity index (χ2n) is 2.50. The second-order valence-corrected chi connectivity index (χ2v) is 2.50. The van der Waals surface area contributed by atoms with Crippen molar-refractivity contribution in [2.24, 2.45) is 0 Å². The van der Waals surface area contributed by atoms with Gasteiger partial charge in [0, 0.05) is 0 Å². The van der Waals surface area contributed by atoms with Gasteiger partial charge in [-0.3, -0.25) is 0 Å². The predicted octanol–water partition coefficient (Wildman–Crippen LogP) is 0.622. The summed E-state index contributed by atoms with van der Waals surface area (Å²) in [6, 6.07) is 2.14. The van der Waals surface area contributed by atoms with E-state index in [1.54, 1.807) is 0 Å². The van der Waals surface area contributed by atoms with Crippen LogP contribution in [0.1, 0.15) is 5.56 Å². The van der Waals surface area contributed by atoms with E-state index in [4.69, 9.17) is 10.0 Å². The van der Waals surface area contributed by atoms with Crippen molar-refractivity contribution in [3.63, 3.8) is 0 Å². The van der Waals surface area contributed by atoms with Crippen molar-refractivity contribution in [2.45, 2.75) is 6.92 Å². The van der Waals surface area contributed by atoms with Gasteiger partial charge in [-0.05, 0) is 24.6 Å². The highest BCUT2D eigenvalue weighted by molar-refractivity contribution is 6.33. The zero-order valence-electron chi connectivity index (χ0n) is 6.79. The van der Waals surface area contributed by atoms with E-state index in [2.05, 4.69) is 4.65 Å². The Hall–Kier alpha value is -1.14. The van der Waals surface area contributed by atoms with E-state index in [1.807, 2.05) is 0 Å². The summed E-state index contributed by atoms with van der Waals surface area (Å²) in [5, 5.41) is 16.7. The molecular weight excluding hydrogens is 181 g/mol. The summed E-state index contributed by atoms with van der Waals surface area (Å²) in [5.74, 6) is -2.85. The molecule has 0 aliphatic rings. The molecule has 0 amide bonds. The van der Waals surface area contributed by atoms with Gasteiger partial charge in [-0.25, -0.2) is 4.39 Å². The summed E-state index contributed by atoms with van der Waals surface area (Å²) >= 11 is 0. The highest BCUT2D eigenvalue weighted by Gasteiger charge is 2.17. The van der Waals surface area contributed by atoms with Gasteiger partial charge in [0.1, 0.15) is 5.75 Å². The van der Waals surface area contributed by atoms with E-state index < -0.39 is 24.7 Å². The maximum atomic E-state index is 12.8. The lowest BCUT2D eigenvalue weighted by Crippen LogP contribution is -2.21. The minimum absolute atomic E-state index is 0.426. The zero-order valence-corrected chi connectivity index (χ0v) is 6.79. The molecule has 0 atom stereocenters. The lowest BCUT2D eigenvalue weighted by atomic mass is 10.2. The molecule has 2 N–H and O–H groups in total. The zero-order chi connectivity index (χ0) is 10.0. The molecule has 13 heavy (non-hydrogen) atoms. The molecule has 0 aromatic heterocycles. The third-order valence-electron chi connectivity index (χ3n) is 1.37. The van der Waals surface area contributed by atoms with Gasteiger partial charge in [0.15, 0.2) is 11.6 Å². The average Bonchev–Trinajstić information content (AvgIpc) is 1.98. The smallest absolute Gasteiger partial charge is 0.509 e. The summed E-state index contributed by atoms with van der Waals surface area (Å²) in [5.41, 5.74) is 0.426. The first-order valence-corrected chi connectivity index (χ1v) is 3.49. The molecule has 0 spiro atoms. The standard InChI is InChI=1S/C7H7BF2O3/c1-4-2-5(9)7(10)6(3-4)13-8(11)12/h2-3,11-12H,1H3. The first kappa shape index (κ1) is 9.95. The van der Waals surface area contributed by atoms with Crippen LogP contribution in [-0.2, 0) is 0 Å². The van der Waals surface area contributed by atoms with Crippen molar-refractivity contribution in [3.8, 4) is 5.75 Å². The maximum absolute atomic E-state index is 12.8. The molecule has 0 unspecified atom stereocenters. The molecule has 6 heteroatoms. The van der Waals surface area contributed by atoms with E-state index in [9.17, 15) is 8.78 Å². The number of halogens is 2. The molecule has 70 valence electrons. The van der Waals surface area contributed by atoms with Gasteiger partial charge in [0.25, 0.3) is 0 Å². The summed E-state index contributed by atoms with van der Waals surface area (Å²) in [4.78, 5) is 0. The van der Waals surface area contributed by atoms with Gasteiger partial charge in [0.2, 0.25) is 0 Å². The average molecular weight is 188 g/mol. The quantitative estimate of drug-likeness (QED) is 0.668. The van der Waals surface area contributed by atoms with Crippen molar-refractivity contribution in [1.29, 1.82) is 0 Å². The Morgan fingerprint density at radius 3 is 2.46 bits per heavy atom. The minimum atomic E-state index is -2.16. The molecular formula is C7H7BF2O3. The van der Waals surface area contributed by atoms with Crippen molar-refractivity contribution in [2.75, 3.05) is 0 Å². The van der Waals surface area contributed by atoms with Crippen LogP contribution in [0.3, 0.4) is 0 Å². The Labute approximate surface area is 73.8 Å². The van der Waals surface area contributed by atoms with Gasteiger partial charge in [0.05, 0.1) is 0 Å². The number of benzene rings is 1. The van der Waals surface area contributed by atoms with Crippen LogP contribution in [0.2, 0.25) is 0 Å². The van der Waals surface area contributed by atoms with E-state index in [1.165, 1.54) is 6.92 Å². The van der Waals surface area contributed by atoms with E-state index in [0.29, 0.717) is 5.56 Å². The van der Waals surface area contributed by atoms with Crippen LogP contribution in [0.25, 0.3) is 0 Å². The van der Waals surface area contributed by atoms with Crippen LogP contribution < -0.4 is 4.65 Å².